The van der Waals surface area contributed by atoms with Crippen LogP contribution in [0.1, 0.15) is 24.3 Å². The zero-order valence-corrected chi connectivity index (χ0v) is 16.5. The summed E-state index contributed by atoms with van der Waals surface area (Å²) >= 11 is 0. The van der Waals surface area contributed by atoms with Gasteiger partial charge in [-0.2, -0.15) is 0 Å². The first-order valence-electron chi connectivity index (χ1n) is 9.43. The van der Waals surface area contributed by atoms with E-state index in [1.54, 1.807) is 17.0 Å². The minimum atomic E-state index is -3.28. The lowest BCUT2D eigenvalue weighted by Gasteiger charge is -2.17. The highest BCUT2D eigenvalue weighted by Gasteiger charge is 2.47. The predicted octanol–water partition coefficient (Wildman–Crippen LogP) is 2.75. The number of benzene rings is 2. The van der Waals surface area contributed by atoms with Crippen LogP contribution in [0.3, 0.4) is 0 Å². The molecule has 2 aliphatic rings. The number of amides is 1. The molecule has 2 aromatic rings. The van der Waals surface area contributed by atoms with Crippen LogP contribution in [-0.4, -0.2) is 44.6 Å². The van der Waals surface area contributed by atoms with Crippen LogP contribution < -0.4 is 4.72 Å². The van der Waals surface area contributed by atoms with Gasteiger partial charge in [0.05, 0.1) is 6.26 Å². The van der Waals surface area contributed by atoms with Gasteiger partial charge in [0.2, 0.25) is 15.9 Å². The molecule has 2 aromatic carbocycles. The van der Waals surface area contributed by atoms with Crippen molar-refractivity contribution >= 4 is 15.9 Å². The number of nitrogens with zero attached hydrogens (tertiary/aromatic N) is 1. The summed E-state index contributed by atoms with van der Waals surface area (Å²) in [6, 6.07) is 14.1. The Kier molecular flexibility index (Phi) is 4.97. The first-order valence-corrected chi connectivity index (χ1v) is 11.3. The van der Waals surface area contributed by atoms with E-state index in [0.29, 0.717) is 25.1 Å². The number of nitrogens with one attached hydrogen (secondary N) is 1. The molecule has 28 heavy (non-hydrogen) atoms. The highest BCUT2D eigenvalue weighted by Crippen LogP contribution is 2.51. The maximum Gasteiger partial charge on any atom is 0.226 e. The highest BCUT2D eigenvalue weighted by atomic mass is 32.2. The molecule has 3 atom stereocenters. The second-order valence-electron chi connectivity index (χ2n) is 7.68. The number of rotatable bonds is 5. The van der Waals surface area contributed by atoms with E-state index in [2.05, 4.69) is 4.72 Å². The van der Waals surface area contributed by atoms with Crippen LogP contribution >= 0.6 is 0 Å². The number of likely N-dealkylation sites (tertiary alicyclic amines) is 1. The average Bonchev–Trinajstić information content (AvgIpc) is 3.32. The Balaban J connectivity index is 1.48. The zero-order chi connectivity index (χ0) is 19.9. The van der Waals surface area contributed by atoms with Gasteiger partial charge >= 0.3 is 0 Å². The van der Waals surface area contributed by atoms with Crippen LogP contribution in [0.2, 0.25) is 0 Å². The number of carbonyl (C=O) groups is 1. The van der Waals surface area contributed by atoms with E-state index in [0.717, 1.165) is 23.8 Å². The molecule has 0 unspecified atom stereocenters. The van der Waals surface area contributed by atoms with Gasteiger partial charge in [-0.15, -0.1) is 0 Å². The van der Waals surface area contributed by atoms with E-state index < -0.39 is 10.0 Å². The van der Waals surface area contributed by atoms with Gasteiger partial charge in [-0.05, 0) is 36.0 Å². The molecule has 7 heteroatoms. The van der Waals surface area contributed by atoms with Crippen molar-refractivity contribution in [2.75, 3.05) is 19.3 Å². The molecule has 1 amide bonds. The van der Waals surface area contributed by atoms with E-state index in [9.17, 15) is 17.6 Å². The molecule has 0 radical (unpaired) electrons. The van der Waals surface area contributed by atoms with Crippen LogP contribution in [0.4, 0.5) is 4.39 Å². The first-order chi connectivity index (χ1) is 13.3. The molecular formula is C21H23FN2O3S. The summed E-state index contributed by atoms with van der Waals surface area (Å²) in [4.78, 5) is 14.6. The Morgan fingerprint density at radius 1 is 1.11 bits per heavy atom. The Labute approximate surface area is 164 Å². The molecule has 2 fully saturated rings. The maximum absolute atomic E-state index is 14.3. The van der Waals surface area contributed by atoms with Crippen molar-refractivity contribution in [1.29, 1.82) is 0 Å². The molecule has 1 saturated heterocycles. The molecule has 1 aliphatic carbocycles. The summed E-state index contributed by atoms with van der Waals surface area (Å²) < 4.78 is 39.7. The topological polar surface area (TPSA) is 66.5 Å². The molecule has 1 N–H and O–H groups in total. The quantitative estimate of drug-likeness (QED) is 0.836. The van der Waals surface area contributed by atoms with Crippen molar-refractivity contribution in [3.05, 3.63) is 59.9 Å². The monoisotopic (exact) mass is 402 g/mol. The summed E-state index contributed by atoms with van der Waals surface area (Å²) in [5.41, 5.74) is 2.38. The fourth-order valence-corrected chi connectivity index (χ4v) is 4.95. The first kappa shape index (κ1) is 19.1. The van der Waals surface area contributed by atoms with Crippen LogP contribution in [0.15, 0.2) is 48.5 Å². The van der Waals surface area contributed by atoms with Gasteiger partial charge < -0.3 is 4.90 Å². The lowest BCUT2D eigenvalue weighted by atomic mass is 9.95. The van der Waals surface area contributed by atoms with E-state index in [4.69, 9.17) is 0 Å². The fourth-order valence-electron chi connectivity index (χ4n) is 4.15. The van der Waals surface area contributed by atoms with Gasteiger partial charge in [-0.3, -0.25) is 4.79 Å². The number of halogens is 1. The Hall–Kier alpha value is -2.25. The molecule has 5 nitrogen and oxygen atoms in total. The summed E-state index contributed by atoms with van der Waals surface area (Å²) in [5, 5.41) is 0. The minimum absolute atomic E-state index is 0.0612. The molecule has 1 aliphatic heterocycles. The van der Waals surface area contributed by atoms with Gasteiger partial charge in [0, 0.05) is 30.6 Å². The third-order valence-corrected chi connectivity index (χ3v) is 6.27. The lowest BCUT2D eigenvalue weighted by Crippen LogP contribution is -2.38. The van der Waals surface area contributed by atoms with E-state index in [1.807, 2.05) is 30.3 Å². The van der Waals surface area contributed by atoms with Crippen LogP contribution in [0.5, 0.6) is 0 Å². The number of hydrogen-bond acceptors (Lipinski definition) is 3. The molecule has 4 rings (SSSR count). The normalized spacial score (nSPS) is 24.4. The van der Waals surface area contributed by atoms with E-state index in [1.165, 1.54) is 6.07 Å². The van der Waals surface area contributed by atoms with Crippen LogP contribution in [0, 0.1) is 11.7 Å². The largest absolute Gasteiger partial charge is 0.341 e. The minimum Gasteiger partial charge on any atom is -0.341 e. The van der Waals surface area contributed by atoms with Gasteiger partial charge in [0.1, 0.15) is 5.82 Å². The molecule has 1 saturated carbocycles. The van der Waals surface area contributed by atoms with Crippen molar-refractivity contribution < 1.29 is 17.6 Å². The van der Waals surface area contributed by atoms with Gasteiger partial charge in [-0.1, -0.05) is 42.5 Å². The van der Waals surface area contributed by atoms with E-state index >= 15 is 0 Å². The molecule has 0 spiro atoms. The standard InChI is InChI=1S/C21H23FN2O3S/c1-28(26,27)23-14-10-11-24(13-14)21(25)19-12-18(19)16-7-3-2-6-15(16)17-8-4-5-9-20(17)22/h2-9,14,18-19,23H,10-13H2,1H3/t14-,18+,19-/m1/s1. The van der Waals surface area contributed by atoms with Gasteiger partial charge in [0.25, 0.3) is 0 Å². The van der Waals surface area contributed by atoms with Crippen LogP contribution in [0.25, 0.3) is 11.1 Å². The number of carbonyl (C=O) groups excluding carboxylic acids is 1. The second-order valence-corrected chi connectivity index (χ2v) is 9.46. The second kappa shape index (κ2) is 7.29. The van der Waals surface area contributed by atoms with Crippen molar-refractivity contribution in [3.8, 4) is 11.1 Å². The van der Waals surface area contributed by atoms with Crippen molar-refractivity contribution in [2.45, 2.75) is 24.8 Å². The molecule has 0 aromatic heterocycles. The Bertz CT molecular complexity index is 1010. The molecule has 148 valence electrons. The Morgan fingerprint density at radius 2 is 1.79 bits per heavy atom. The SMILES string of the molecule is CS(=O)(=O)N[C@@H]1CCN(C(=O)[C@@H]2C[C@H]2c2ccccc2-c2ccccc2F)C1. The summed E-state index contributed by atoms with van der Waals surface area (Å²) in [6.07, 6.45) is 2.50. The van der Waals surface area contributed by atoms with Crippen molar-refractivity contribution in [1.82, 2.24) is 9.62 Å². The average molecular weight is 402 g/mol. The molecular weight excluding hydrogens is 379 g/mol. The fraction of sp³-hybridized carbons (Fsp3) is 0.381. The van der Waals surface area contributed by atoms with E-state index in [-0.39, 0.29) is 29.6 Å². The van der Waals surface area contributed by atoms with Gasteiger partial charge in [0.15, 0.2) is 0 Å². The summed E-state index contributed by atoms with van der Waals surface area (Å²) in [5.74, 6) is -0.256. The number of hydrogen-bond donors (Lipinski definition) is 1. The predicted molar refractivity (Wildman–Crippen MR) is 106 cm³/mol. The zero-order valence-electron chi connectivity index (χ0n) is 15.6. The third kappa shape index (κ3) is 3.95. The lowest BCUT2D eigenvalue weighted by molar-refractivity contribution is -0.131. The Morgan fingerprint density at radius 3 is 2.50 bits per heavy atom. The smallest absolute Gasteiger partial charge is 0.226 e. The molecule has 1 heterocycles. The van der Waals surface area contributed by atoms with Crippen LogP contribution in [-0.2, 0) is 14.8 Å². The summed E-state index contributed by atoms with van der Waals surface area (Å²) in [6.45, 7) is 0.967. The highest BCUT2D eigenvalue weighted by molar-refractivity contribution is 7.88. The third-order valence-electron chi connectivity index (χ3n) is 5.51. The van der Waals surface area contributed by atoms with Crippen molar-refractivity contribution in [2.24, 2.45) is 5.92 Å². The van der Waals surface area contributed by atoms with Crippen molar-refractivity contribution in [3.63, 3.8) is 0 Å². The number of sulfonamides is 1. The maximum atomic E-state index is 14.3. The van der Waals surface area contributed by atoms with Gasteiger partial charge in [-0.25, -0.2) is 17.5 Å². The summed E-state index contributed by atoms with van der Waals surface area (Å²) in [7, 11) is -3.28. The molecule has 0 bridgehead atoms.